The first kappa shape index (κ1) is 12.0. The second-order valence-corrected chi connectivity index (χ2v) is 6.22. The van der Waals surface area contributed by atoms with E-state index in [-0.39, 0.29) is 6.61 Å². The molecule has 1 aromatic rings. The highest BCUT2D eigenvalue weighted by atomic mass is 32.2. The second kappa shape index (κ2) is 6.34. The molecule has 0 amide bonds. The third-order valence-electron chi connectivity index (χ3n) is 2.80. The molecule has 1 heterocycles. The molecule has 0 bridgehead atoms. The van der Waals surface area contributed by atoms with Gasteiger partial charge in [-0.2, -0.15) is 11.8 Å². The number of hydrogen-bond acceptors (Lipinski definition) is 3. The van der Waals surface area contributed by atoms with Gasteiger partial charge < -0.3 is 5.11 Å². The van der Waals surface area contributed by atoms with Crippen molar-refractivity contribution in [3.8, 4) is 11.8 Å². The van der Waals surface area contributed by atoms with Gasteiger partial charge >= 0.3 is 0 Å². The summed E-state index contributed by atoms with van der Waals surface area (Å²) in [6, 6.07) is 2.05. The number of aliphatic hydroxyl groups excluding tert-OH is 1. The predicted molar refractivity (Wildman–Crippen MR) is 71.8 cm³/mol. The molecule has 0 radical (unpaired) electrons. The predicted octanol–water partition coefficient (Wildman–Crippen LogP) is 3.27. The molecule has 16 heavy (non-hydrogen) atoms. The van der Waals surface area contributed by atoms with Gasteiger partial charge in [0.2, 0.25) is 0 Å². The number of aliphatic hydroxyl groups is 1. The van der Waals surface area contributed by atoms with Crippen LogP contribution < -0.4 is 0 Å². The lowest BCUT2D eigenvalue weighted by atomic mass is 10.3. The van der Waals surface area contributed by atoms with Gasteiger partial charge in [0, 0.05) is 21.4 Å². The van der Waals surface area contributed by atoms with E-state index in [1.807, 2.05) is 0 Å². The first-order valence-corrected chi connectivity index (χ1v) is 7.60. The summed E-state index contributed by atoms with van der Waals surface area (Å²) >= 11 is 3.85. The highest BCUT2D eigenvalue weighted by Gasteiger charge is 2.15. The van der Waals surface area contributed by atoms with Gasteiger partial charge in [-0.15, -0.1) is 11.3 Å². The topological polar surface area (TPSA) is 20.2 Å². The minimum atomic E-state index is -0.0505. The molecule has 0 atom stereocenters. The molecule has 1 aliphatic rings. The molecule has 1 aliphatic carbocycles. The second-order valence-electron chi connectivity index (χ2n) is 3.93. The van der Waals surface area contributed by atoms with E-state index >= 15 is 0 Å². The Kier molecular flexibility index (Phi) is 4.77. The molecule has 0 spiro atoms. The highest BCUT2D eigenvalue weighted by molar-refractivity contribution is 7.99. The molecule has 86 valence electrons. The van der Waals surface area contributed by atoms with Gasteiger partial charge in [0.15, 0.2) is 0 Å². The van der Waals surface area contributed by atoms with E-state index in [0.29, 0.717) is 0 Å². The molecule has 1 aromatic heterocycles. The van der Waals surface area contributed by atoms with E-state index < -0.39 is 0 Å². The number of thioether (sulfide) groups is 1. The van der Waals surface area contributed by atoms with Crippen LogP contribution in [0.15, 0.2) is 11.4 Å². The monoisotopic (exact) mass is 252 g/mol. The summed E-state index contributed by atoms with van der Waals surface area (Å²) in [7, 11) is 0. The van der Waals surface area contributed by atoms with Crippen LogP contribution in [0.3, 0.4) is 0 Å². The highest BCUT2D eigenvalue weighted by Crippen LogP contribution is 2.33. The van der Waals surface area contributed by atoms with Crippen molar-refractivity contribution in [1.29, 1.82) is 0 Å². The Balaban J connectivity index is 1.90. The van der Waals surface area contributed by atoms with Crippen LogP contribution in [0.1, 0.15) is 36.1 Å². The third kappa shape index (κ3) is 3.28. The van der Waals surface area contributed by atoms with E-state index in [0.717, 1.165) is 16.6 Å². The van der Waals surface area contributed by atoms with Gasteiger partial charge in [0.25, 0.3) is 0 Å². The van der Waals surface area contributed by atoms with E-state index in [9.17, 15) is 0 Å². The fraction of sp³-hybridized carbons (Fsp3) is 0.538. The maximum absolute atomic E-state index is 8.68. The Morgan fingerprint density at radius 3 is 3.00 bits per heavy atom. The zero-order valence-electron chi connectivity index (χ0n) is 9.24. The van der Waals surface area contributed by atoms with Crippen molar-refractivity contribution in [3.63, 3.8) is 0 Å². The lowest BCUT2D eigenvalue weighted by Crippen LogP contribution is -1.94. The van der Waals surface area contributed by atoms with E-state index in [1.165, 1.54) is 30.6 Å². The van der Waals surface area contributed by atoms with Crippen LogP contribution in [-0.2, 0) is 5.75 Å². The van der Waals surface area contributed by atoms with Crippen molar-refractivity contribution >= 4 is 23.1 Å². The van der Waals surface area contributed by atoms with Crippen LogP contribution in [0.2, 0.25) is 0 Å². The van der Waals surface area contributed by atoms with Gasteiger partial charge in [0.05, 0.1) is 0 Å². The maximum Gasteiger partial charge on any atom is 0.104 e. The average Bonchev–Trinajstić information content (AvgIpc) is 2.94. The first-order valence-electron chi connectivity index (χ1n) is 5.68. The molecular weight excluding hydrogens is 236 g/mol. The Morgan fingerprint density at radius 2 is 2.25 bits per heavy atom. The molecule has 0 aliphatic heterocycles. The molecule has 0 saturated heterocycles. The Morgan fingerprint density at radius 1 is 1.44 bits per heavy atom. The molecule has 0 aromatic carbocycles. The van der Waals surface area contributed by atoms with Crippen molar-refractivity contribution in [1.82, 2.24) is 0 Å². The van der Waals surface area contributed by atoms with Crippen molar-refractivity contribution < 1.29 is 5.11 Å². The zero-order chi connectivity index (χ0) is 11.2. The van der Waals surface area contributed by atoms with Crippen LogP contribution in [0.25, 0.3) is 0 Å². The standard InChI is InChI=1S/C13H16OS2/c14-8-3-4-11-7-9-15-13(11)10-16-12-5-1-2-6-12/h7,9,12,14H,1-2,5-6,8,10H2. The largest absolute Gasteiger partial charge is 0.384 e. The Hall–Kier alpha value is -0.430. The summed E-state index contributed by atoms with van der Waals surface area (Å²) in [4.78, 5) is 1.36. The van der Waals surface area contributed by atoms with Gasteiger partial charge in [0.1, 0.15) is 6.61 Å². The fourth-order valence-corrected chi connectivity index (χ4v) is 4.25. The Bertz CT molecular complexity index is 380. The van der Waals surface area contributed by atoms with E-state index in [2.05, 4.69) is 35.0 Å². The quantitative estimate of drug-likeness (QED) is 0.833. The van der Waals surface area contributed by atoms with E-state index in [1.54, 1.807) is 11.3 Å². The van der Waals surface area contributed by atoms with E-state index in [4.69, 9.17) is 5.11 Å². The van der Waals surface area contributed by atoms with Gasteiger partial charge in [-0.3, -0.25) is 0 Å². The summed E-state index contributed by atoms with van der Waals surface area (Å²) in [5, 5.41) is 11.6. The molecule has 1 saturated carbocycles. The lowest BCUT2D eigenvalue weighted by Gasteiger charge is -2.07. The van der Waals surface area contributed by atoms with Crippen molar-refractivity contribution in [2.75, 3.05) is 6.61 Å². The molecule has 2 rings (SSSR count). The smallest absolute Gasteiger partial charge is 0.104 e. The van der Waals surface area contributed by atoms with Crippen LogP contribution in [0.5, 0.6) is 0 Å². The number of hydrogen-bond donors (Lipinski definition) is 1. The first-order chi connectivity index (χ1) is 7.90. The normalized spacial score (nSPS) is 16.1. The average molecular weight is 252 g/mol. The summed E-state index contributed by atoms with van der Waals surface area (Å²) in [5.41, 5.74) is 1.10. The summed E-state index contributed by atoms with van der Waals surface area (Å²) in [6.45, 7) is -0.0505. The third-order valence-corrected chi connectivity index (χ3v) is 5.30. The summed E-state index contributed by atoms with van der Waals surface area (Å²) in [6.07, 6.45) is 5.57. The minimum Gasteiger partial charge on any atom is -0.384 e. The maximum atomic E-state index is 8.68. The van der Waals surface area contributed by atoms with Crippen molar-refractivity contribution in [2.24, 2.45) is 0 Å². The molecule has 1 fully saturated rings. The van der Waals surface area contributed by atoms with Crippen LogP contribution in [0, 0.1) is 11.8 Å². The van der Waals surface area contributed by atoms with Crippen LogP contribution in [0.4, 0.5) is 0 Å². The molecular formula is C13H16OS2. The van der Waals surface area contributed by atoms with Crippen LogP contribution >= 0.6 is 23.1 Å². The molecule has 0 unspecified atom stereocenters. The zero-order valence-corrected chi connectivity index (χ0v) is 10.9. The van der Waals surface area contributed by atoms with Gasteiger partial charge in [-0.1, -0.05) is 24.7 Å². The minimum absolute atomic E-state index is 0.0505. The van der Waals surface area contributed by atoms with Gasteiger partial charge in [-0.05, 0) is 24.3 Å². The number of thiophene rings is 1. The Labute approximate surface area is 105 Å². The fourth-order valence-electron chi connectivity index (χ4n) is 1.95. The summed E-state index contributed by atoms with van der Waals surface area (Å²) in [5.74, 6) is 6.82. The molecule has 3 heteroatoms. The SMILES string of the molecule is OCC#Cc1ccsc1CSC1CCCC1. The molecule has 1 nitrogen and oxygen atoms in total. The van der Waals surface area contributed by atoms with Crippen molar-refractivity contribution in [2.45, 2.75) is 36.7 Å². The lowest BCUT2D eigenvalue weighted by molar-refractivity contribution is 0.350. The van der Waals surface area contributed by atoms with Crippen molar-refractivity contribution in [3.05, 3.63) is 21.9 Å². The number of rotatable bonds is 3. The van der Waals surface area contributed by atoms with Gasteiger partial charge in [-0.25, -0.2) is 0 Å². The summed E-state index contributed by atoms with van der Waals surface area (Å²) < 4.78 is 0. The molecule has 1 N–H and O–H groups in total. The van der Waals surface area contributed by atoms with Crippen LogP contribution in [-0.4, -0.2) is 17.0 Å².